The van der Waals surface area contributed by atoms with Crippen molar-refractivity contribution in [3.05, 3.63) is 0 Å². The Hall–Kier alpha value is -1.02. The Kier molecular flexibility index (Phi) is 13.3. The van der Waals surface area contributed by atoms with Gasteiger partial charge in [-0.2, -0.15) is 0 Å². The Labute approximate surface area is 163 Å². The van der Waals surface area contributed by atoms with Crippen molar-refractivity contribution in [2.24, 2.45) is 5.92 Å². The maximum atomic E-state index is 11.8. The lowest BCUT2D eigenvalue weighted by molar-refractivity contribution is -0.155. The van der Waals surface area contributed by atoms with E-state index in [9.17, 15) is 9.59 Å². The monoisotopic (exact) mass is 388 g/mol. The molecule has 0 N–H and O–H groups in total. The van der Waals surface area contributed by atoms with Crippen LogP contribution in [0.1, 0.15) is 52.4 Å². The smallest absolute Gasteiger partial charge is 0.332 e. The van der Waals surface area contributed by atoms with Gasteiger partial charge in [-0.3, -0.25) is 4.79 Å². The number of rotatable bonds is 15. The van der Waals surface area contributed by atoms with Gasteiger partial charge in [-0.1, -0.05) is 6.42 Å². The molecule has 1 fully saturated rings. The molecular weight excluding hydrogens is 352 g/mol. The Balaban J connectivity index is 1.92. The minimum Gasteiger partial charge on any atom is -0.461 e. The fraction of sp³-hybridized carbons (Fsp3) is 0.900. The van der Waals surface area contributed by atoms with Gasteiger partial charge >= 0.3 is 5.97 Å². The van der Waals surface area contributed by atoms with Crippen molar-refractivity contribution in [3.8, 4) is 0 Å². The Bertz CT molecular complexity index is 413. The first-order valence-corrected chi connectivity index (χ1v) is 10.0. The van der Waals surface area contributed by atoms with Crippen molar-refractivity contribution in [2.45, 2.75) is 64.6 Å². The van der Waals surface area contributed by atoms with E-state index in [4.69, 9.17) is 23.7 Å². The average Bonchev–Trinajstić information content (AvgIpc) is 2.64. The van der Waals surface area contributed by atoms with Gasteiger partial charge in [0.05, 0.1) is 38.6 Å². The van der Waals surface area contributed by atoms with Crippen LogP contribution in [0.25, 0.3) is 0 Å². The molecule has 0 saturated heterocycles. The molecule has 3 unspecified atom stereocenters. The molecular formula is C20H36O7. The lowest BCUT2D eigenvalue weighted by atomic mass is 9.84. The molecule has 0 bridgehead atoms. The molecule has 7 nitrogen and oxygen atoms in total. The summed E-state index contributed by atoms with van der Waals surface area (Å²) < 4.78 is 26.5. The summed E-state index contributed by atoms with van der Waals surface area (Å²) in [6.07, 6.45) is 5.03. The summed E-state index contributed by atoms with van der Waals surface area (Å²) in [5.74, 6) is -0.0631. The van der Waals surface area contributed by atoms with Gasteiger partial charge in [-0.15, -0.1) is 0 Å². The number of ketones is 1. The largest absolute Gasteiger partial charge is 0.461 e. The van der Waals surface area contributed by atoms with E-state index in [1.54, 1.807) is 7.11 Å². The molecule has 0 amide bonds. The first-order valence-electron chi connectivity index (χ1n) is 10.0. The second kappa shape index (κ2) is 15.0. The van der Waals surface area contributed by atoms with Crippen LogP contribution in [0.5, 0.6) is 0 Å². The molecule has 7 heteroatoms. The summed E-state index contributed by atoms with van der Waals surface area (Å²) in [7, 11) is 1.68. The minimum atomic E-state index is -0.402. The number of ether oxygens (including phenoxy) is 5. The second-order valence-electron chi connectivity index (χ2n) is 7.06. The Morgan fingerprint density at radius 3 is 2.33 bits per heavy atom. The van der Waals surface area contributed by atoms with Crippen LogP contribution in [0, 0.1) is 5.92 Å². The van der Waals surface area contributed by atoms with E-state index in [-0.39, 0.29) is 24.7 Å². The molecule has 0 aromatic carbocycles. The molecule has 27 heavy (non-hydrogen) atoms. The number of hydrogen-bond donors (Lipinski definition) is 0. The molecule has 0 aliphatic heterocycles. The zero-order valence-corrected chi connectivity index (χ0v) is 17.1. The van der Waals surface area contributed by atoms with E-state index in [2.05, 4.69) is 0 Å². The summed E-state index contributed by atoms with van der Waals surface area (Å²) in [4.78, 5) is 23.6. The molecule has 1 saturated carbocycles. The second-order valence-corrected chi connectivity index (χ2v) is 7.06. The first kappa shape index (κ1) is 24.0. The van der Waals surface area contributed by atoms with Crippen molar-refractivity contribution in [1.82, 2.24) is 0 Å². The molecule has 0 radical (unpaired) electrons. The lowest BCUT2D eigenvalue weighted by Crippen LogP contribution is -2.27. The van der Waals surface area contributed by atoms with E-state index in [0.717, 1.165) is 25.7 Å². The highest BCUT2D eigenvalue weighted by Gasteiger charge is 2.25. The van der Waals surface area contributed by atoms with Gasteiger partial charge in [-0.25, -0.2) is 4.79 Å². The van der Waals surface area contributed by atoms with Crippen molar-refractivity contribution >= 4 is 11.8 Å². The first-order chi connectivity index (χ1) is 13.0. The number of esters is 1. The fourth-order valence-electron chi connectivity index (χ4n) is 2.97. The predicted octanol–water partition coefficient (Wildman–Crippen LogP) is 2.54. The third kappa shape index (κ3) is 12.1. The summed E-state index contributed by atoms with van der Waals surface area (Å²) in [6.45, 7) is 6.11. The van der Waals surface area contributed by atoms with Gasteiger partial charge in [-0.05, 0) is 39.5 Å². The van der Waals surface area contributed by atoms with E-state index < -0.39 is 5.97 Å². The number of carbonyl (C=O) groups excluding carboxylic acids is 2. The fourth-order valence-corrected chi connectivity index (χ4v) is 2.97. The number of methoxy groups -OCH3 is 1. The van der Waals surface area contributed by atoms with Crippen molar-refractivity contribution in [3.63, 3.8) is 0 Å². The summed E-state index contributed by atoms with van der Waals surface area (Å²) in [5.41, 5.74) is 0. The summed E-state index contributed by atoms with van der Waals surface area (Å²) >= 11 is 0. The molecule has 1 aliphatic carbocycles. The zero-order valence-electron chi connectivity index (χ0n) is 17.1. The molecule has 0 aromatic heterocycles. The zero-order chi connectivity index (χ0) is 19.9. The van der Waals surface area contributed by atoms with Crippen LogP contribution in [0.15, 0.2) is 0 Å². The Morgan fingerprint density at radius 2 is 1.67 bits per heavy atom. The van der Waals surface area contributed by atoms with Crippen LogP contribution >= 0.6 is 0 Å². The van der Waals surface area contributed by atoms with E-state index in [1.807, 2.05) is 13.8 Å². The molecule has 3 atom stereocenters. The van der Waals surface area contributed by atoms with Gasteiger partial charge in [0.2, 0.25) is 0 Å². The van der Waals surface area contributed by atoms with Gasteiger partial charge in [0.15, 0.2) is 0 Å². The third-order valence-corrected chi connectivity index (χ3v) is 4.67. The van der Waals surface area contributed by atoms with Crippen LogP contribution in [-0.4, -0.2) is 70.7 Å². The van der Waals surface area contributed by atoms with Gasteiger partial charge < -0.3 is 23.7 Å². The standard InChI is InChI=1S/C20H36O7/c1-16(23-3)8-9-24-10-11-25-12-13-26-15-20(22)27-17(2)14-18-6-4-5-7-19(18)21/h16-18H,4-15H2,1-3H3. The van der Waals surface area contributed by atoms with Gasteiger partial charge in [0.25, 0.3) is 0 Å². The third-order valence-electron chi connectivity index (χ3n) is 4.67. The van der Waals surface area contributed by atoms with Crippen molar-refractivity contribution in [2.75, 3.05) is 46.8 Å². The maximum Gasteiger partial charge on any atom is 0.332 e. The predicted molar refractivity (Wildman–Crippen MR) is 101 cm³/mol. The quantitative estimate of drug-likeness (QED) is 0.315. The van der Waals surface area contributed by atoms with Crippen molar-refractivity contribution in [1.29, 1.82) is 0 Å². The van der Waals surface area contributed by atoms with Gasteiger partial charge in [0.1, 0.15) is 12.4 Å². The highest BCUT2D eigenvalue weighted by atomic mass is 16.6. The van der Waals surface area contributed by atoms with Crippen LogP contribution in [0.4, 0.5) is 0 Å². The SMILES string of the molecule is COC(C)CCOCCOCCOCC(=O)OC(C)CC1CCCCC1=O. The molecule has 0 aromatic rings. The van der Waals surface area contributed by atoms with Crippen LogP contribution < -0.4 is 0 Å². The average molecular weight is 389 g/mol. The van der Waals surface area contributed by atoms with Crippen molar-refractivity contribution < 1.29 is 33.3 Å². The Morgan fingerprint density at radius 1 is 1.00 bits per heavy atom. The molecule has 0 heterocycles. The summed E-state index contributed by atoms with van der Waals surface area (Å²) in [5, 5.41) is 0. The van der Waals surface area contributed by atoms with Crippen LogP contribution in [0.2, 0.25) is 0 Å². The number of carbonyl (C=O) groups is 2. The molecule has 1 aliphatic rings. The lowest BCUT2D eigenvalue weighted by Gasteiger charge is -2.23. The van der Waals surface area contributed by atoms with Crippen LogP contribution in [0.3, 0.4) is 0 Å². The highest BCUT2D eigenvalue weighted by Crippen LogP contribution is 2.25. The highest BCUT2D eigenvalue weighted by molar-refractivity contribution is 5.81. The van der Waals surface area contributed by atoms with Crippen LogP contribution in [-0.2, 0) is 33.3 Å². The molecule has 0 spiro atoms. The topological polar surface area (TPSA) is 80.3 Å². The van der Waals surface area contributed by atoms with E-state index in [1.165, 1.54) is 0 Å². The minimum absolute atomic E-state index is 0.0378. The van der Waals surface area contributed by atoms with Gasteiger partial charge in [0, 0.05) is 26.1 Å². The number of Topliss-reactive ketones (excluding diaryl/α,β-unsaturated/α-hetero) is 1. The molecule has 1 rings (SSSR count). The summed E-state index contributed by atoms with van der Waals surface area (Å²) in [6, 6.07) is 0. The molecule has 158 valence electrons. The van der Waals surface area contributed by atoms with E-state index >= 15 is 0 Å². The maximum absolute atomic E-state index is 11.8. The number of hydrogen-bond acceptors (Lipinski definition) is 7. The van der Waals surface area contributed by atoms with E-state index in [0.29, 0.717) is 51.7 Å². The normalized spacial score (nSPS) is 19.7.